The normalized spacial score (nSPS) is 17.3. The fraction of sp³-hybridized carbons (Fsp3) is 0.429. The Balaban J connectivity index is 0.000000406. The van der Waals surface area contributed by atoms with Crippen molar-refractivity contribution >= 4 is 28.9 Å². The molecule has 3 aromatic rings. The van der Waals surface area contributed by atoms with Crippen molar-refractivity contribution in [1.29, 1.82) is 0 Å². The first-order chi connectivity index (χ1) is 16.1. The van der Waals surface area contributed by atoms with Gasteiger partial charge in [-0.3, -0.25) is 14.1 Å². The summed E-state index contributed by atoms with van der Waals surface area (Å²) in [6.07, 6.45) is -2.38. The lowest BCUT2D eigenvalue weighted by Crippen LogP contribution is -2.45. The first kappa shape index (κ1) is 25.6. The monoisotopic (exact) mass is 498 g/mol. The maximum atomic E-state index is 12.6. The quantitative estimate of drug-likeness (QED) is 0.557. The van der Waals surface area contributed by atoms with Gasteiger partial charge in [-0.2, -0.15) is 13.2 Å². The average Bonchev–Trinajstić information content (AvgIpc) is 3.44. The number of pyridine rings is 1. The van der Waals surface area contributed by atoms with E-state index in [4.69, 9.17) is 9.90 Å². The second-order valence-corrected chi connectivity index (χ2v) is 8.88. The van der Waals surface area contributed by atoms with Crippen LogP contribution in [0.2, 0.25) is 0 Å². The second kappa shape index (κ2) is 10.9. The summed E-state index contributed by atoms with van der Waals surface area (Å²) in [4.78, 5) is 27.3. The van der Waals surface area contributed by atoms with E-state index < -0.39 is 12.1 Å². The van der Waals surface area contributed by atoms with Gasteiger partial charge in [-0.1, -0.05) is 6.07 Å². The number of hydrogen-bond donors (Lipinski definition) is 2. The van der Waals surface area contributed by atoms with Crippen LogP contribution in [0, 0.1) is 0 Å². The van der Waals surface area contributed by atoms with E-state index >= 15 is 0 Å². The number of piperazine rings is 1. The minimum absolute atomic E-state index is 0.0674. The van der Waals surface area contributed by atoms with E-state index in [1.54, 1.807) is 11.3 Å². The first-order valence-electron chi connectivity index (χ1n) is 10.4. The van der Waals surface area contributed by atoms with Crippen LogP contribution in [-0.4, -0.2) is 87.8 Å². The zero-order valence-corrected chi connectivity index (χ0v) is 19.4. The summed E-state index contributed by atoms with van der Waals surface area (Å²) in [5.41, 5.74) is 1.39. The van der Waals surface area contributed by atoms with E-state index in [9.17, 15) is 18.0 Å². The highest BCUT2D eigenvalue weighted by Crippen LogP contribution is 2.23. The molecular formula is C21H25F3N6O3S. The molecule has 2 N–H and O–H groups in total. The molecule has 0 saturated carbocycles. The lowest BCUT2D eigenvalue weighted by Gasteiger charge is -2.36. The summed E-state index contributed by atoms with van der Waals surface area (Å²) in [5.74, 6) is -1.94. The lowest BCUT2D eigenvalue weighted by molar-refractivity contribution is -0.192. The van der Waals surface area contributed by atoms with Gasteiger partial charge in [0.05, 0.1) is 11.6 Å². The fourth-order valence-electron chi connectivity index (χ4n) is 3.42. The highest BCUT2D eigenvalue weighted by Gasteiger charge is 2.38. The van der Waals surface area contributed by atoms with Crippen molar-refractivity contribution in [3.8, 4) is 0 Å². The van der Waals surface area contributed by atoms with E-state index in [0.717, 1.165) is 37.5 Å². The summed E-state index contributed by atoms with van der Waals surface area (Å²) in [6, 6.07) is 7.95. The summed E-state index contributed by atoms with van der Waals surface area (Å²) in [5, 5.41) is 20.9. The van der Waals surface area contributed by atoms with Gasteiger partial charge in [-0.05, 0) is 44.1 Å². The number of alkyl halides is 3. The van der Waals surface area contributed by atoms with Gasteiger partial charge in [0.1, 0.15) is 0 Å². The molecule has 9 nitrogen and oxygen atoms in total. The SMILES string of the molecule is CN1CCN(C)C(c2nnc3ccc(C(=O)NCCc4cccs4)cn23)C1.O=C(O)C(F)(F)F. The second-order valence-electron chi connectivity index (χ2n) is 7.85. The van der Waals surface area contributed by atoms with Crippen LogP contribution in [0.1, 0.15) is 27.1 Å². The molecule has 0 spiro atoms. The predicted molar refractivity (Wildman–Crippen MR) is 120 cm³/mol. The maximum absolute atomic E-state index is 12.6. The molecule has 3 aromatic heterocycles. The van der Waals surface area contributed by atoms with Crippen molar-refractivity contribution in [2.45, 2.75) is 18.6 Å². The van der Waals surface area contributed by atoms with Crippen molar-refractivity contribution in [3.63, 3.8) is 0 Å². The molecule has 1 saturated heterocycles. The fourth-order valence-corrected chi connectivity index (χ4v) is 4.12. The number of carbonyl (C=O) groups is 2. The number of carbonyl (C=O) groups excluding carboxylic acids is 1. The Labute approximate surface area is 197 Å². The Hall–Kier alpha value is -3.03. The number of carboxylic acids is 1. The topological polar surface area (TPSA) is 103 Å². The highest BCUT2D eigenvalue weighted by atomic mass is 32.1. The molecule has 4 rings (SSSR count). The molecule has 0 aromatic carbocycles. The molecule has 1 fully saturated rings. The number of fused-ring (bicyclic) bond motifs is 1. The van der Waals surface area contributed by atoms with Crippen LogP contribution in [0.15, 0.2) is 35.8 Å². The molecule has 1 atom stereocenters. The number of nitrogens with zero attached hydrogens (tertiary/aromatic N) is 5. The molecule has 1 unspecified atom stereocenters. The van der Waals surface area contributed by atoms with Crippen LogP contribution in [-0.2, 0) is 11.2 Å². The number of thiophene rings is 1. The van der Waals surface area contributed by atoms with E-state index in [1.165, 1.54) is 4.88 Å². The van der Waals surface area contributed by atoms with Crippen molar-refractivity contribution in [2.75, 3.05) is 40.3 Å². The number of halogens is 3. The van der Waals surface area contributed by atoms with Crippen molar-refractivity contribution in [1.82, 2.24) is 29.7 Å². The number of hydrogen-bond acceptors (Lipinski definition) is 7. The van der Waals surface area contributed by atoms with Crippen molar-refractivity contribution in [2.24, 2.45) is 0 Å². The van der Waals surface area contributed by atoms with E-state index in [-0.39, 0.29) is 11.9 Å². The van der Waals surface area contributed by atoms with Crippen molar-refractivity contribution < 1.29 is 27.9 Å². The first-order valence-corrected chi connectivity index (χ1v) is 11.3. The van der Waals surface area contributed by atoms with Crippen molar-refractivity contribution in [3.05, 3.63) is 52.1 Å². The van der Waals surface area contributed by atoms with Crippen LogP contribution in [0.25, 0.3) is 5.65 Å². The maximum Gasteiger partial charge on any atom is 0.490 e. The van der Waals surface area contributed by atoms with Crippen LogP contribution in [0.4, 0.5) is 13.2 Å². The molecule has 1 amide bonds. The van der Waals surface area contributed by atoms with Crippen LogP contribution in [0.3, 0.4) is 0 Å². The molecule has 34 heavy (non-hydrogen) atoms. The Morgan fingerprint density at radius 1 is 1.21 bits per heavy atom. The predicted octanol–water partition coefficient (Wildman–Crippen LogP) is 2.31. The smallest absolute Gasteiger partial charge is 0.475 e. The van der Waals surface area contributed by atoms with Gasteiger partial charge in [0.2, 0.25) is 0 Å². The van der Waals surface area contributed by atoms with E-state index in [1.807, 2.05) is 28.8 Å². The molecule has 0 aliphatic carbocycles. The summed E-state index contributed by atoms with van der Waals surface area (Å²) >= 11 is 1.71. The number of aromatic nitrogens is 3. The Kier molecular flexibility index (Phi) is 8.23. The number of amides is 1. The van der Waals surface area contributed by atoms with Gasteiger partial charge in [-0.15, -0.1) is 21.5 Å². The molecule has 13 heteroatoms. The van der Waals surface area contributed by atoms with E-state index in [2.05, 4.69) is 50.9 Å². The number of likely N-dealkylation sites (N-methyl/N-ethyl adjacent to an activating group) is 2. The molecule has 184 valence electrons. The standard InChI is InChI=1S/C19H24N6OS.C2HF3O2/c1-23-9-10-24(2)16(13-23)18-22-21-17-6-5-14(12-25(17)18)19(26)20-8-7-15-4-3-11-27-15;3-2(4,5)1(6)7/h3-6,11-12,16H,7-10,13H2,1-2H3,(H,20,26);(H,6,7). The van der Waals surface area contributed by atoms with Gasteiger partial charge in [0.25, 0.3) is 5.91 Å². The van der Waals surface area contributed by atoms with Gasteiger partial charge in [0, 0.05) is 37.3 Å². The van der Waals surface area contributed by atoms with Crippen LogP contribution >= 0.6 is 11.3 Å². The van der Waals surface area contributed by atoms with Crippen LogP contribution in [0.5, 0.6) is 0 Å². The van der Waals surface area contributed by atoms with Gasteiger partial charge < -0.3 is 15.3 Å². The van der Waals surface area contributed by atoms with Crippen LogP contribution < -0.4 is 5.32 Å². The molecular weight excluding hydrogens is 473 g/mol. The molecule has 4 heterocycles. The number of rotatable bonds is 5. The summed E-state index contributed by atoms with van der Waals surface area (Å²) in [6.45, 7) is 3.55. The average molecular weight is 499 g/mol. The molecule has 1 aliphatic rings. The van der Waals surface area contributed by atoms with Gasteiger partial charge in [-0.25, -0.2) is 4.79 Å². The highest BCUT2D eigenvalue weighted by molar-refractivity contribution is 7.09. The lowest BCUT2D eigenvalue weighted by atomic mass is 10.1. The zero-order valence-electron chi connectivity index (χ0n) is 18.6. The minimum atomic E-state index is -5.08. The number of nitrogens with one attached hydrogen (secondary N) is 1. The molecule has 1 aliphatic heterocycles. The number of aliphatic carboxylic acids is 1. The minimum Gasteiger partial charge on any atom is -0.475 e. The van der Waals surface area contributed by atoms with Gasteiger partial charge in [0.15, 0.2) is 11.5 Å². The third-order valence-electron chi connectivity index (χ3n) is 5.32. The summed E-state index contributed by atoms with van der Waals surface area (Å²) in [7, 11) is 4.23. The largest absolute Gasteiger partial charge is 0.490 e. The Bertz CT molecular complexity index is 1120. The van der Waals surface area contributed by atoms with Gasteiger partial charge >= 0.3 is 12.1 Å². The summed E-state index contributed by atoms with van der Waals surface area (Å²) < 4.78 is 33.7. The Morgan fingerprint density at radius 3 is 2.59 bits per heavy atom. The Morgan fingerprint density at radius 2 is 1.94 bits per heavy atom. The third kappa shape index (κ3) is 6.52. The van der Waals surface area contributed by atoms with E-state index in [0.29, 0.717) is 12.1 Å². The third-order valence-corrected chi connectivity index (χ3v) is 6.26. The number of carboxylic acid groups (broad SMARTS) is 1. The zero-order chi connectivity index (χ0) is 24.9. The molecule has 0 radical (unpaired) electrons. The molecule has 0 bridgehead atoms.